The van der Waals surface area contributed by atoms with Gasteiger partial charge in [-0.15, -0.1) is 0 Å². The van der Waals surface area contributed by atoms with Crippen LogP contribution in [0.15, 0.2) is 67.1 Å². The van der Waals surface area contributed by atoms with Gasteiger partial charge >= 0.3 is 0 Å². The summed E-state index contributed by atoms with van der Waals surface area (Å²) in [5, 5.41) is 12.6. The predicted molar refractivity (Wildman–Crippen MR) is 98.5 cm³/mol. The topological polar surface area (TPSA) is 92.5 Å². The average molecular weight is 347 g/mol. The lowest BCUT2D eigenvalue weighted by molar-refractivity contribution is -0.825. The minimum Gasteiger partial charge on any atom is -0.348 e. The molecule has 2 heterocycles. The summed E-state index contributed by atoms with van der Waals surface area (Å²) in [6.07, 6.45) is 3.44. The Morgan fingerprint density at radius 1 is 1.08 bits per heavy atom. The van der Waals surface area contributed by atoms with Crippen LogP contribution in [0.4, 0.5) is 11.6 Å². The van der Waals surface area contributed by atoms with E-state index < -0.39 is 0 Å². The number of imidazole rings is 1. The van der Waals surface area contributed by atoms with E-state index in [4.69, 9.17) is 0 Å². The molecule has 0 saturated heterocycles. The van der Waals surface area contributed by atoms with Crippen LogP contribution >= 0.6 is 0 Å². The lowest BCUT2D eigenvalue weighted by Gasteiger charge is -2.14. The van der Waals surface area contributed by atoms with E-state index in [0.29, 0.717) is 17.5 Å². The first kappa shape index (κ1) is 16.2. The molecule has 0 spiro atoms. The molecule has 4 N–H and O–H groups in total. The summed E-state index contributed by atoms with van der Waals surface area (Å²) in [6, 6.07) is 17.6. The Morgan fingerprint density at radius 3 is 2.73 bits per heavy atom. The zero-order chi connectivity index (χ0) is 17.9. The molecule has 130 valence electrons. The van der Waals surface area contributed by atoms with Gasteiger partial charge in [-0.2, -0.15) is 10.5 Å². The molecule has 2 aromatic carbocycles. The number of nitrogens with two attached hydrogens (primary N) is 1. The molecule has 0 amide bonds. The SMILES string of the molecule is C[C@H](Nc1nccc(-n2cnc3ccc([NH2+]O)cc32)n1)c1ccccc1. The van der Waals surface area contributed by atoms with E-state index in [2.05, 4.69) is 39.3 Å². The van der Waals surface area contributed by atoms with Gasteiger partial charge < -0.3 is 5.32 Å². The van der Waals surface area contributed by atoms with Crippen LogP contribution in [0.2, 0.25) is 0 Å². The van der Waals surface area contributed by atoms with Crippen LogP contribution in [0.5, 0.6) is 0 Å². The first-order valence-electron chi connectivity index (χ1n) is 8.34. The molecule has 2 aromatic heterocycles. The number of nitrogens with zero attached hydrogens (tertiary/aromatic N) is 4. The largest absolute Gasteiger partial charge is 0.348 e. The predicted octanol–water partition coefficient (Wildman–Crippen LogP) is 2.57. The van der Waals surface area contributed by atoms with Gasteiger partial charge in [0.05, 0.1) is 17.1 Å². The number of quaternary nitrogens is 1. The molecule has 26 heavy (non-hydrogen) atoms. The fraction of sp³-hybridized carbons (Fsp3) is 0.105. The number of anilines is 1. The Labute approximate surface area is 150 Å². The van der Waals surface area contributed by atoms with Gasteiger partial charge in [0.25, 0.3) is 0 Å². The Bertz CT molecular complexity index is 1030. The molecule has 7 nitrogen and oxygen atoms in total. The van der Waals surface area contributed by atoms with Crippen LogP contribution in [-0.2, 0) is 0 Å². The fourth-order valence-corrected chi connectivity index (χ4v) is 2.86. The first-order valence-corrected chi connectivity index (χ1v) is 8.34. The van der Waals surface area contributed by atoms with E-state index >= 15 is 0 Å². The second-order valence-electron chi connectivity index (χ2n) is 6.01. The summed E-state index contributed by atoms with van der Waals surface area (Å²) < 4.78 is 1.88. The van der Waals surface area contributed by atoms with Gasteiger partial charge in [-0.05, 0) is 24.6 Å². The highest BCUT2D eigenvalue weighted by Gasteiger charge is 2.11. The minimum atomic E-state index is 0.0848. The number of rotatable bonds is 5. The highest BCUT2D eigenvalue weighted by atomic mass is 16.5. The van der Waals surface area contributed by atoms with Crippen molar-refractivity contribution in [2.45, 2.75) is 13.0 Å². The number of benzene rings is 2. The van der Waals surface area contributed by atoms with Gasteiger partial charge in [-0.1, -0.05) is 30.3 Å². The maximum absolute atomic E-state index is 9.26. The number of hydrogen-bond acceptors (Lipinski definition) is 5. The molecule has 4 aromatic rings. The van der Waals surface area contributed by atoms with Gasteiger partial charge in [0, 0.05) is 18.3 Å². The first-order chi connectivity index (χ1) is 12.7. The number of nitrogens with one attached hydrogen (secondary N) is 1. The normalized spacial score (nSPS) is 12.2. The molecule has 4 rings (SSSR count). The number of fused-ring (bicyclic) bond motifs is 1. The van der Waals surface area contributed by atoms with Gasteiger partial charge in [0.15, 0.2) is 5.69 Å². The van der Waals surface area contributed by atoms with Crippen molar-refractivity contribution in [1.82, 2.24) is 19.5 Å². The lowest BCUT2D eigenvalue weighted by atomic mass is 10.1. The monoisotopic (exact) mass is 347 g/mol. The van der Waals surface area contributed by atoms with Crippen LogP contribution in [0.1, 0.15) is 18.5 Å². The van der Waals surface area contributed by atoms with Crippen molar-refractivity contribution < 1.29 is 10.7 Å². The van der Waals surface area contributed by atoms with E-state index in [1.165, 1.54) is 0 Å². The number of aromatic nitrogens is 4. The maximum Gasteiger partial charge on any atom is 0.225 e. The van der Waals surface area contributed by atoms with E-state index in [9.17, 15) is 5.21 Å². The summed E-state index contributed by atoms with van der Waals surface area (Å²) in [4.78, 5) is 13.3. The van der Waals surface area contributed by atoms with Gasteiger partial charge in [-0.3, -0.25) is 4.57 Å². The molecule has 7 heteroatoms. The molecule has 1 atom stereocenters. The van der Waals surface area contributed by atoms with Crippen LogP contribution in [0.25, 0.3) is 16.9 Å². The number of hydrogen-bond donors (Lipinski definition) is 3. The van der Waals surface area contributed by atoms with Gasteiger partial charge in [-0.25, -0.2) is 15.2 Å². The van der Waals surface area contributed by atoms with Crippen molar-refractivity contribution in [2.75, 3.05) is 5.32 Å². The Hall–Kier alpha value is -3.29. The molecule has 0 aliphatic rings. The molecule has 0 unspecified atom stereocenters. The Balaban J connectivity index is 1.66. The molecule has 0 aliphatic heterocycles. The maximum atomic E-state index is 9.26. The van der Waals surface area contributed by atoms with Crippen LogP contribution in [0.3, 0.4) is 0 Å². The van der Waals surface area contributed by atoms with Crippen LogP contribution in [-0.4, -0.2) is 24.7 Å². The van der Waals surface area contributed by atoms with E-state index in [-0.39, 0.29) is 6.04 Å². The second-order valence-corrected chi connectivity index (χ2v) is 6.01. The summed E-state index contributed by atoms with van der Waals surface area (Å²) in [5.74, 6) is 1.26. The molecular formula is C19H19N6O+. The molecule has 0 aliphatic carbocycles. The van der Waals surface area contributed by atoms with Crippen LogP contribution in [0, 0.1) is 0 Å². The van der Waals surface area contributed by atoms with Crippen molar-refractivity contribution in [3.05, 3.63) is 72.7 Å². The highest BCUT2D eigenvalue weighted by Crippen LogP contribution is 2.21. The molecular weight excluding hydrogens is 328 g/mol. The Morgan fingerprint density at radius 2 is 1.92 bits per heavy atom. The lowest BCUT2D eigenvalue weighted by Crippen LogP contribution is -2.73. The third-order valence-electron chi connectivity index (χ3n) is 4.25. The highest BCUT2D eigenvalue weighted by molar-refractivity contribution is 5.79. The van der Waals surface area contributed by atoms with Crippen molar-refractivity contribution >= 4 is 22.7 Å². The molecule has 0 fully saturated rings. The second kappa shape index (κ2) is 6.91. The standard InChI is InChI=1S/C19H18N6O/c1-13(14-5-3-2-4-6-14)22-19-20-10-9-18(23-19)25-12-21-16-8-7-15(24-26)11-17(16)25/h2-13,24,26H,1H3,(H,20,22,23)/p+1/t13-/m0/s1. The summed E-state index contributed by atoms with van der Waals surface area (Å²) in [5.41, 5.74) is 4.66. The minimum absolute atomic E-state index is 0.0848. The van der Waals surface area contributed by atoms with E-state index in [0.717, 1.165) is 22.1 Å². The summed E-state index contributed by atoms with van der Waals surface area (Å²) >= 11 is 0. The van der Waals surface area contributed by atoms with Crippen molar-refractivity contribution in [1.29, 1.82) is 0 Å². The van der Waals surface area contributed by atoms with Crippen molar-refractivity contribution in [3.8, 4) is 5.82 Å². The average Bonchev–Trinajstić information content (AvgIpc) is 3.12. The fourth-order valence-electron chi connectivity index (χ4n) is 2.86. The zero-order valence-corrected chi connectivity index (χ0v) is 14.2. The third-order valence-corrected chi connectivity index (χ3v) is 4.25. The molecule has 0 saturated carbocycles. The quantitative estimate of drug-likeness (QED) is 0.381. The van der Waals surface area contributed by atoms with E-state index in [1.54, 1.807) is 12.5 Å². The van der Waals surface area contributed by atoms with Crippen molar-refractivity contribution in [2.24, 2.45) is 0 Å². The summed E-state index contributed by atoms with van der Waals surface area (Å²) in [7, 11) is 0. The Kier molecular flexibility index (Phi) is 4.30. The van der Waals surface area contributed by atoms with Gasteiger partial charge in [0.1, 0.15) is 12.1 Å². The van der Waals surface area contributed by atoms with E-state index in [1.807, 2.05) is 47.0 Å². The molecule has 0 radical (unpaired) electrons. The van der Waals surface area contributed by atoms with Gasteiger partial charge in [0.2, 0.25) is 5.95 Å². The zero-order valence-electron chi connectivity index (χ0n) is 14.2. The summed E-state index contributed by atoms with van der Waals surface area (Å²) in [6.45, 7) is 2.07. The smallest absolute Gasteiger partial charge is 0.225 e. The molecule has 0 bridgehead atoms. The third kappa shape index (κ3) is 3.13. The van der Waals surface area contributed by atoms with Crippen molar-refractivity contribution in [3.63, 3.8) is 0 Å². The van der Waals surface area contributed by atoms with Crippen LogP contribution < -0.4 is 10.8 Å².